The summed E-state index contributed by atoms with van der Waals surface area (Å²) in [5, 5.41) is 5.76. The first-order valence-corrected chi connectivity index (χ1v) is 7.33. The predicted octanol–water partition coefficient (Wildman–Crippen LogP) is 2.18. The Morgan fingerprint density at radius 1 is 1.12 bits per heavy atom. The molecule has 7 heteroatoms. The van der Waals surface area contributed by atoms with E-state index in [0.29, 0.717) is 35.8 Å². The zero-order valence-electron chi connectivity index (χ0n) is 13.5. The molecule has 0 unspecified atom stereocenters. The molecular weight excluding hydrogens is 310 g/mol. The molecule has 0 aliphatic rings. The maximum Gasteiger partial charge on any atom is 0.339 e. The van der Waals surface area contributed by atoms with Gasteiger partial charge in [-0.2, -0.15) is 0 Å². The molecular formula is C17H19N3O4. The summed E-state index contributed by atoms with van der Waals surface area (Å²) in [4.78, 5) is 28.2. The van der Waals surface area contributed by atoms with Crippen LogP contribution in [0.3, 0.4) is 0 Å². The lowest BCUT2D eigenvalue weighted by atomic mass is 10.1. The van der Waals surface area contributed by atoms with Gasteiger partial charge in [0.2, 0.25) is 0 Å². The molecule has 0 bridgehead atoms. The average molecular weight is 329 g/mol. The summed E-state index contributed by atoms with van der Waals surface area (Å²) < 4.78 is 9.65. The second-order valence-electron chi connectivity index (χ2n) is 4.84. The number of aromatic nitrogens is 1. The van der Waals surface area contributed by atoms with E-state index in [1.807, 2.05) is 0 Å². The standard InChI is InChI=1S/C17H19N3O4/c1-23-10-9-18-15-8-7-12(11-19-15)16(21)20-14-6-4-3-5-13(14)17(22)24-2/h3-8,11H,9-10H2,1-2H3,(H,18,19)(H,20,21). The molecule has 2 N–H and O–H groups in total. The fourth-order valence-electron chi connectivity index (χ4n) is 1.99. The van der Waals surface area contributed by atoms with Gasteiger partial charge in [-0.25, -0.2) is 9.78 Å². The Labute approximate surface area is 140 Å². The number of hydrogen-bond donors (Lipinski definition) is 2. The van der Waals surface area contributed by atoms with E-state index in [0.717, 1.165) is 0 Å². The maximum absolute atomic E-state index is 12.3. The van der Waals surface area contributed by atoms with Gasteiger partial charge in [0.25, 0.3) is 5.91 Å². The second kappa shape index (κ2) is 8.64. The molecule has 0 spiro atoms. The van der Waals surface area contributed by atoms with Crippen molar-refractivity contribution in [1.82, 2.24) is 4.98 Å². The zero-order valence-corrected chi connectivity index (χ0v) is 13.5. The first-order valence-electron chi connectivity index (χ1n) is 7.33. The second-order valence-corrected chi connectivity index (χ2v) is 4.84. The number of para-hydroxylation sites is 1. The van der Waals surface area contributed by atoms with Gasteiger partial charge in [0, 0.05) is 19.9 Å². The lowest BCUT2D eigenvalue weighted by Crippen LogP contribution is -2.16. The molecule has 0 saturated carbocycles. The normalized spacial score (nSPS) is 10.1. The van der Waals surface area contributed by atoms with Crippen LogP contribution in [0.25, 0.3) is 0 Å². The summed E-state index contributed by atoms with van der Waals surface area (Å²) in [5.41, 5.74) is 1.06. The van der Waals surface area contributed by atoms with Crippen molar-refractivity contribution in [2.45, 2.75) is 0 Å². The van der Waals surface area contributed by atoms with Crippen LogP contribution in [-0.4, -0.2) is 44.2 Å². The monoisotopic (exact) mass is 329 g/mol. The van der Waals surface area contributed by atoms with Crippen LogP contribution in [-0.2, 0) is 9.47 Å². The van der Waals surface area contributed by atoms with Gasteiger partial charge in [-0.3, -0.25) is 4.79 Å². The molecule has 1 heterocycles. The van der Waals surface area contributed by atoms with E-state index >= 15 is 0 Å². The predicted molar refractivity (Wildman–Crippen MR) is 90.3 cm³/mol. The number of methoxy groups -OCH3 is 2. The van der Waals surface area contributed by atoms with E-state index < -0.39 is 5.97 Å². The molecule has 2 aromatic rings. The van der Waals surface area contributed by atoms with Crippen LogP contribution < -0.4 is 10.6 Å². The van der Waals surface area contributed by atoms with Crippen LogP contribution in [0, 0.1) is 0 Å². The third-order valence-corrected chi connectivity index (χ3v) is 3.22. The number of amides is 1. The minimum atomic E-state index is -0.512. The van der Waals surface area contributed by atoms with Crippen molar-refractivity contribution in [2.75, 3.05) is 38.0 Å². The number of rotatable bonds is 7. The van der Waals surface area contributed by atoms with Crippen molar-refractivity contribution in [3.8, 4) is 0 Å². The number of hydrogen-bond acceptors (Lipinski definition) is 6. The topological polar surface area (TPSA) is 89.6 Å². The number of carbonyl (C=O) groups is 2. The van der Waals surface area contributed by atoms with Gasteiger partial charge in [0.05, 0.1) is 30.5 Å². The fourth-order valence-corrected chi connectivity index (χ4v) is 1.99. The van der Waals surface area contributed by atoms with Gasteiger partial charge in [-0.05, 0) is 24.3 Å². The van der Waals surface area contributed by atoms with Crippen molar-refractivity contribution in [2.24, 2.45) is 0 Å². The number of carbonyl (C=O) groups excluding carboxylic acids is 2. The summed E-state index contributed by atoms with van der Waals surface area (Å²) in [6.45, 7) is 1.19. The minimum absolute atomic E-state index is 0.291. The quantitative estimate of drug-likeness (QED) is 0.598. The smallest absolute Gasteiger partial charge is 0.339 e. The number of ether oxygens (including phenoxy) is 2. The van der Waals surface area contributed by atoms with Crippen LogP contribution in [0.1, 0.15) is 20.7 Å². The van der Waals surface area contributed by atoms with Crippen LogP contribution in [0.15, 0.2) is 42.6 Å². The lowest BCUT2D eigenvalue weighted by Gasteiger charge is -2.10. The SMILES string of the molecule is COCCNc1ccc(C(=O)Nc2ccccc2C(=O)OC)cn1. The molecule has 0 aliphatic heterocycles. The van der Waals surface area contributed by atoms with Gasteiger partial charge in [0.1, 0.15) is 5.82 Å². The van der Waals surface area contributed by atoms with Gasteiger partial charge < -0.3 is 20.1 Å². The highest BCUT2D eigenvalue weighted by molar-refractivity contribution is 6.07. The molecule has 126 valence electrons. The van der Waals surface area contributed by atoms with Crippen LogP contribution >= 0.6 is 0 Å². The molecule has 7 nitrogen and oxygen atoms in total. The largest absolute Gasteiger partial charge is 0.465 e. The highest BCUT2D eigenvalue weighted by atomic mass is 16.5. The van der Waals surface area contributed by atoms with Crippen molar-refractivity contribution in [1.29, 1.82) is 0 Å². The Hall–Kier alpha value is -2.93. The van der Waals surface area contributed by atoms with Gasteiger partial charge >= 0.3 is 5.97 Å². The van der Waals surface area contributed by atoms with Crippen LogP contribution in [0.5, 0.6) is 0 Å². The first-order chi connectivity index (χ1) is 11.7. The van der Waals surface area contributed by atoms with E-state index in [2.05, 4.69) is 15.6 Å². The summed E-state index contributed by atoms with van der Waals surface area (Å²) in [7, 11) is 2.91. The third-order valence-electron chi connectivity index (χ3n) is 3.22. The molecule has 24 heavy (non-hydrogen) atoms. The summed E-state index contributed by atoms with van der Waals surface area (Å²) >= 11 is 0. The van der Waals surface area contributed by atoms with Crippen LogP contribution in [0.4, 0.5) is 11.5 Å². The molecule has 0 atom stereocenters. The highest BCUT2D eigenvalue weighted by Gasteiger charge is 2.14. The Morgan fingerprint density at radius 3 is 2.58 bits per heavy atom. The van der Waals surface area contributed by atoms with Gasteiger partial charge in [-0.1, -0.05) is 12.1 Å². The molecule has 0 aliphatic carbocycles. The fraction of sp³-hybridized carbons (Fsp3) is 0.235. The molecule has 1 aromatic heterocycles. The highest BCUT2D eigenvalue weighted by Crippen LogP contribution is 2.17. The number of nitrogens with zero attached hydrogens (tertiary/aromatic N) is 1. The molecule has 2 rings (SSSR count). The summed E-state index contributed by atoms with van der Waals surface area (Å²) in [5.74, 6) is -0.220. The molecule has 1 amide bonds. The molecule has 0 radical (unpaired) electrons. The summed E-state index contributed by atoms with van der Waals surface area (Å²) in [6, 6.07) is 10.0. The van der Waals surface area contributed by atoms with Crippen LogP contribution in [0.2, 0.25) is 0 Å². The first kappa shape index (κ1) is 17.4. The van der Waals surface area contributed by atoms with Crippen molar-refractivity contribution < 1.29 is 19.1 Å². The average Bonchev–Trinajstić information content (AvgIpc) is 2.62. The molecule has 1 aromatic carbocycles. The number of nitrogens with one attached hydrogen (secondary N) is 2. The Morgan fingerprint density at radius 2 is 1.92 bits per heavy atom. The number of anilines is 2. The number of esters is 1. The Bertz CT molecular complexity index is 701. The minimum Gasteiger partial charge on any atom is -0.465 e. The maximum atomic E-state index is 12.3. The third kappa shape index (κ3) is 4.53. The van der Waals surface area contributed by atoms with E-state index in [4.69, 9.17) is 9.47 Å². The van der Waals surface area contributed by atoms with E-state index in [-0.39, 0.29) is 5.91 Å². The Balaban J connectivity index is 2.06. The summed E-state index contributed by atoms with van der Waals surface area (Å²) in [6.07, 6.45) is 1.46. The van der Waals surface area contributed by atoms with Crippen molar-refractivity contribution >= 4 is 23.4 Å². The van der Waals surface area contributed by atoms with Crippen molar-refractivity contribution in [3.63, 3.8) is 0 Å². The zero-order chi connectivity index (χ0) is 17.4. The Kier molecular flexibility index (Phi) is 6.27. The molecule has 0 fully saturated rings. The number of benzene rings is 1. The number of pyridine rings is 1. The lowest BCUT2D eigenvalue weighted by molar-refractivity contribution is 0.0602. The van der Waals surface area contributed by atoms with Crippen molar-refractivity contribution in [3.05, 3.63) is 53.7 Å². The van der Waals surface area contributed by atoms with E-state index in [1.54, 1.807) is 43.5 Å². The molecule has 0 saturated heterocycles. The van der Waals surface area contributed by atoms with Gasteiger partial charge in [-0.15, -0.1) is 0 Å². The van der Waals surface area contributed by atoms with Gasteiger partial charge in [0.15, 0.2) is 0 Å². The van der Waals surface area contributed by atoms with E-state index in [9.17, 15) is 9.59 Å². The van der Waals surface area contributed by atoms with E-state index in [1.165, 1.54) is 13.3 Å².